The lowest BCUT2D eigenvalue weighted by Gasteiger charge is -2.09. The molecular weight excluding hydrogens is 294 g/mol. The maximum Gasteiger partial charge on any atom is 0.193 e. The summed E-state index contributed by atoms with van der Waals surface area (Å²) in [7, 11) is 0. The highest BCUT2D eigenvalue weighted by atomic mass is 79.9. The van der Waals surface area contributed by atoms with Crippen molar-refractivity contribution in [2.45, 2.75) is 32.0 Å². The Labute approximate surface area is 114 Å². The van der Waals surface area contributed by atoms with Gasteiger partial charge in [0.05, 0.1) is 6.10 Å². The van der Waals surface area contributed by atoms with E-state index in [1.165, 1.54) is 0 Å². The van der Waals surface area contributed by atoms with Crippen molar-refractivity contribution in [3.8, 4) is 0 Å². The molecule has 1 aliphatic rings. The summed E-state index contributed by atoms with van der Waals surface area (Å²) in [6.45, 7) is 2.01. The Bertz CT molecular complexity index is 605. The zero-order chi connectivity index (χ0) is 12.7. The number of nitrogens with one attached hydrogen (secondary N) is 1. The molecule has 1 aromatic heterocycles. The first kappa shape index (κ1) is 11.9. The van der Waals surface area contributed by atoms with E-state index in [0.29, 0.717) is 0 Å². The van der Waals surface area contributed by atoms with Gasteiger partial charge in [-0.25, -0.2) is 0 Å². The third-order valence-electron chi connectivity index (χ3n) is 3.43. The fraction of sp³-hybridized carbons (Fsp3) is 0.357. The van der Waals surface area contributed by atoms with Gasteiger partial charge in [-0.3, -0.25) is 4.79 Å². The van der Waals surface area contributed by atoms with E-state index in [9.17, 15) is 4.79 Å². The standard InChI is InChI=1S/C14H14BrNO2/c1-8-2-5-13(18-8)14(17)11-7-16-12-4-3-9(15)6-10(11)12/h3-4,6-8,13,16H,2,5H2,1H3. The fourth-order valence-corrected chi connectivity index (χ4v) is 2.83. The SMILES string of the molecule is CC1CCC(C(=O)c2c[nH]c3ccc(Br)cc23)O1. The van der Waals surface area contributed by atoms with Crippen LogP contribution in [0.5, 0.6) is 0 Å². The molecule has 0 aliphatic carbocycles. The van der Waals surface area contributed by atoms with Crippen molar-refractivity contribution in [2.24, 2.45) is 0 Å². The molecule has 3 rings (SSSR count). The summed E-state index contributed by atoms with van der Waals surface area (Å²) in [5.74, 6) is 0.0868. The molecule has 2 unspecified atom stereocenters. The second kappa shape index (κ2) is 4.52. The van der Waals surface area contributed by atoms with Crippen molar-refractivity contribution < 1.29 is 9.53 Å². The van der Waals surface area contributed by atoms with Crippen molar-refractivity contribution in [1.82, 2.24) is 4.98 Å². The van der Waals surface area contributed by atoms with Crippen LogP contribution in [0.25, 0.3) is 10.9 Å². The van der Waals surface area contributed by atoms with Gasteiger partial charge in [-0.15, -0.1) is 0 Å². The average molecular weight is 308 g/mol. The largest absolute Gasteiger partial charge is 0.367 e. The summed E-state index contributed by atoms with van der Waals surface area (Å²) in [4.78, 5) is 15.6. The number of ketones is 1. The molecule has 1 N–H and O–H groups in total. The van der Waals surface area contributed by atoms with Crippen LogP contribution < -0.4 is 0 Å². The van der Waals surface area contributed by atoms with Crippen molar-refractivity contribution in [1.29, 1.82) is 0 Å². The van der Waals surface area contributed by atoms with Crippen LogP contribution in [-0.4, -0.2) is 23.0 Å². The third-order valence-corrected chi connectivity index (χ3v) is 3.93. The molecule has 0 bridgehead atoms. The lowest BCUT2D eigenvalue weighted by atomic mass is 10.0. The first-order valence-electron chi connectivity index (χ1n) is 6.11. The maximum atomic E-state index is 12.4. The van der Waals surface area contributed by atoms with Gasteiger partial charge in [0.2, 0.25) is 0 Å². The molecule has 0 radical (unpaired) electrons. The molecule has 1 saturated heterocycles. The number of aromatic nitrogens is 1. The molecule has 3 nitrogen and oxygen atoms in total. The number of carbonyl (C=O) groups is 1. The minimum absolute atomic E-state index is 0.0868. The zero-order valence-electron chi connectivity index (χ0n) is 10.1. The van der Waals surface area contributed by atoms with Crippen LogP contribution in [0.15, 0.2) is 28.9 Å². The first-order chi connectivity index (χ1) is 8.65. The molecule has 0 saturated carbocycles. The molecule has 18 heavy (non-hydrogen) atoms. The van der Waals surface area contributed by atoms with Crippen LogP contribution in [0, 0.1) is 0 Å². The van der Waals surface area contributed by atoms with Crippen molar-refractivity contribution in [3.05, 3.63) is 34.4 Å². The Morgan fingerprint density at radius 2 is 2.28 bits per heavy atom. The number of hydrogen-bond donors (Lipinski definition) is 1. The normalized spacial score (nSPS) is 23.7. The molecule has 4 heteroatoms. The van der Waals surface area contributed by atoms with E-state index in [-0.39, 0.29) is 18.0 Å². The first-order valence-corrected chi connectivity index (χ1v) is 6.91. The van der Waals surface area contributed by atoms with E-state index in [4.69, 9.17) is 4.74 Å². The molecule has 0 amide bonds. The van der Waals surface area contributed by atoms with Gasteiger partial charge in [-0.2, -0.15) is 0 Å². The van der Waals surface area contributed by atoms with E-state index >= 15 is 0 Å². The third kappa shape index (κ3) is 1.99. The monoisotopic (exact) mass is 307 g/mol. The van der Waals surface area contributed by atoms with Crippen LogP contribution in [0.2, 0.25) is 0 Å². The summed E-state index contributed by atoms with van der Waals surface area (Å²) in [5, 5.41) is 0.956. The minimum Gasteiger partial charge on any atom is -0.367 e. The Kier molecular flexibility index (Phi) is 2.99. The maximum absolute atomic E-state index is 12.4. The van der Waals surface area contributed by atoms with E-state index in [1.54, 1.807) is 6.20 Å². The van der Waals surface area contributed by atoms with Gasteiger partial charge in [0, 0.05) is 27.1 Å². The topological polar surface area (TPSA) is 42.1 Å². The summed E-state index contributed by atoms with van der Waals surface area (Å²) in [6.07, 6.45) is 3.48. The van der Waals surface area contributed by atoms with Gasteiger partial charge in [0.25, 0.3) is 0 Å². The molecule has 1 aromatic carbocycles. The Morgan fingerprint density at radius 3 is 3.00 bits per heavy atom. The second-order valence-corrected chi connectivity index (χ2v) is 5.68. The van der Waals surface area contributed by atoms with Crippen molar-refractivity contribution in [3.63, 3.8) is 0 Å². The molecule has 2 aromatic rings. The number of benzene rings is 1. The lowest BCUT2D eigenvalue weighted by Crippen LogP contribution is -2.20. The summed E-state index contributed by atoms with van der Waals surface area (Å²) >= 11 is 3.44. The Hall–Kier alpha value is -1.13. The molecule has 1 aliphatic heterocycles. The number of halogens is 1. The highest BCUT2D eigenvalue weighted by molar-refractivity contribution is 9.10. The van der Waals surface area contributed by atoms with Gasteiger partial charge >= 0.3 is 0 Å². The smallest absolute Gasteiger partial charge is 0.193 e. The van der Waals surface area contributed by atoms with Crippen LogP contribution in [0.4, 0.5) is 0 Å². The number of Topliss-reactive ketones (excluding diaryl/α,β-unsaturated/α-hetero) is 1. The number of fused-ring (bicyclic) bond motifs is 1. The van der Waals surface area contributed by atoms with E-state index < -0.39 is 0 Å². The van der Waals surface area contributed by atoms with Crippen LogP contribution in [0.3, 0.4) is 0 Å². The second-order valence-electron chi connectivity index (χ2n) is 4.77. The summed E-state index contributed by atoms with van der Waals surface area (Å²) in [5.41, 5.74) is 1.71. The molecule has 2 heterocycles. The minimum atomic E-state index is -0.280. The number of hydrogen-bond acceptors (Lipinski definition) is 2. The molecule has 2 atom stereocenters. The van der Waals surface area contributed by atoms with Crippen LogP contribution in [0.1, 0.15) is 30.1 Å². The quantitative estimate of drug-likeness (QED) is 0.860. The molecule has 1 fully saturated rings. The van der Waals surface area contributed by atoms with Crippen LogP contribution in [-0.2, 0) is 4.74 Å². The van der Waals surface area contributed by atoms with Crippen molar-refractivity contribution >= 4 is 32.6 Å². The fourth-order valence-electron chi connectivity index (χ4n) is 2.47. The number of H-pyrrole nitrogens is 1. The predicted molar refractivity (Wildman–Crippen MR) is 73.9 cm³/mol. The van der Waals surface area contributed by atoms with Crippen molar-refractivity contribution in [2.75, 3.05) is 0 Å². The van der Waals surface area contributed by atoms with E-state index in [0.717, 1.165) is 33.8 Å². The van der Waals surface area contributed by atoms with Gasteiger partial charge in [0.15, 0.2) is 5.78 Å². The summed E-state index contributed by atoms with van der Waals surface area (Å²) in [6, 6.07) is 5.90. The van der Waals surface area contributed by atoms with Gasteiger partial charge < -0.3 is 9.72 Å². The molecule has 0 spiro atoms. The number of aromatic amines is 1. The molecule has 94 valence electrons. The van der Waals surface area contributed by atoms with E-state index in [2.05, 4.69) is 20.9 Å². The van der Waals surface area contributed by atoms with Crippen LogP contribution >= 0.6 is 15.9 Å². The Balaban J connectivity index is 1.99. The van der Waals surface area contributed by atoms with Gasteiger partial charge in [0.1, 0.15) is 6.10 Å². The number of rotatable bonds is 2. The lowest BCUT2D eigenvalue weighted by molar-refractivity contribution is 0.0435. The number of carbonyl (C=O) groups excluding carboxylic acids is 1. The van der Waals surface area contributed by atoms with Gasteiger partial charge in [-0.1, -0.05) is 15.9 Å². The number of ether oxygens (including phenoxy) is 1. The van der Waals surface area contributed by atoms with E-state index in [1.807, 2.05) is 25.1 Å². The molecular formula is C14H14BrNO2. The van der Waals surface area contributed by atoms with Gasteiger partial charge in [-0.05, 0) is 38.0 Å². The predicted octanol–water partition coefficient (Wildman–Crippen LogP) is 3.68. The average Bonchev–Trinajstić information content (AvgIpc) is 2.94. The Morgan fingerprint density at radius 1 is 1.44 bits per heavy atom. The highest BCUT2D eigenvalue weighted by Crippen LogP contribution is 2.27. The highest BCUT2D eigenvalue weighted by Gasteiger charge is 2.30. The zero-order valence-corrected chi connectivity index (χ0v) is 11.7. The summed E-state index contributed by atoms with van der Waals surface area (Å²) < 4.78 is 6.63.